The van der Waals surface area contributed by atoms with Crippen LogP contribution in [0.25, 0.3) is 0 Å². The Kier molecular flexibility index (Phi) is 2.84. The Morgan fingerprint density at radius 3 is 2.38 bits per heavy atom. The molecule has 1 saturated heterocycles. The summed E-state index contributed by atoms with van der Waals surface area (Å²) in [5.41, 5.74) is -0.585. The second-order valence-electron chi connectivity index (χ2n) is 5.60. The maximum atomic E-state index is 14.3. The van der Waals surface area contributed by atoms with Gasteiger partial charge in [0, 0.05) is 19.5 Å². The second-order valence-corrected chi connectivity index (χ2v) is 5.60. The Hall–Kier alpha value is -1.66. The van der Waals surface area contributed by atoms with E-state index in [-0.39, 0.29) is 6.42 Å². The van der Waals surface area contributed by atoms with Crippen LogP contribution in [0.4, 0.5) is 22.0 Å². The molecule has 0 aromatic heterocycles. The number of carbonyl (C=O) groups is 1. The lowest BCUT2D eigenvalue weighted by Crippen LogP contribution is -2.71. The molecule has 1 heterocycles. The van der Waals surface area contributed by atoms with E-state index in [1.165, 1.54) is 6.07 Å². The smallest absolute Gasteiger partial charge is 0.332 e. The lowest BCUT2D eigenvalue weighted by Gasteiger charge is -2.56. The predicted molar refractivity (Wildman–Crippen MR) is 64.0 cm³/mol. The number of hydrogen-bond donors (Lipinski definition) is 0. The molecule has 0 radical (unpaired) electrons. The van der Waals surface area contributed by atoms with Crippen LogP contribution in [0.1, 0.15) is 17.5 Å². The zero-order valence-electron chi connectivity index (χ0n) is 10.9. The fourth-order valence-electron chi connectivity index (χ4n) is 3.26. The van der Waals surface area contributed by atoms with Gasteiger partial charge in [0.2, 0.25) is 0 Å². The molecule has 7 heteroatoms. The van der Waals surface area contributed by atoms with Gasteiger partial charge in [-0.3, -0.25) is 4.79 Å². The summed E-state index contributed by atoms with van der Waals surface area (Å²) < 4.78 is 65.8. The molecule has 3 rings (SSSR count). The van der Waals surface area contributed by atoms with Crippen LogP contribution in [0, 0.1) is 0 Å². The molecule has 0 atom stereocenters. The largest absolute Gasteiger partial charge is 0.471 e. The Morgan fingerprint density at radius 1 is 1.14 bits per heavy atom. The van der Waals surface area contributed by atoms with Crippen molar-refractivity contribution in [3.63, 3.8) is 0 Å². The van der Waals surface area contributed by atoms with E-state index in [0.29, 0.717) is 10.5 Å². The summed E-state index contributed by atoms with van der Waals surface area (Å²) in [6.45, 7) is -1.18. The van der Waals surface area contributed by atoms with E-state index in [4.69, 9.17) is 0 Å². The molecule has 1 spiro atoms. The van der Waals surface area contributed by atoms with Gasteiger partial charge in [0.1, 0.15) is 0 Å². The molecule has 1 aliphatic heterocycles. The van der Waals surface area contributed by atoms with Crippen molar-refractivity contribution < 1.29 is 26.7 Å². The Balaban J connectivity index is 1.94. The molecule has 114 valence electrons. The third-order valence-corrected chi connectivity index (χ3v) is 4.39. The van der Waals surface area contributed by atoms with Gasteiger partial charge in [0.25, 0.3) is 5.92 Å². The van der Waals surface area contributed by atoms with Gasteiger partial charge in [0.05, 0.1) is 5.41 Å². The summed E-state index contributed by atoms with van der Waals surface area (Å²) in [5, 5.41) is 0. The van der Waals surface area contributed by atoms with E-state index in [9.17, 15) is 26.7 Å². The number of carbonyl (C=O) groups excluding carboxylic acids is 1. The Morgan fingerprint density at radius 2 is 1.76 bits per heavy atom. The standard InChI is InChI=1S/C14H12F5NO/c15-13(16)6-5-9-3-1-2-4-10(9)12(13)7-20(8-12)11(21)14(17,18)19/h1-4H,5-8H2. The highest BCUT2D eigenvalue weighted by molar-refractivity contribution is 5.83. The first-order valence-corrected chi connectivity index (χ1v) is 6.50. The second kappa shape index (κ2) is 4.18. The Bertz CT molecular complexity index is 589. The van der Waals surface area contributed by atoms with Gasteiger partial charge in [-0.05, 0) is 17.5 Å². The molecule has 2 nitrogen and oxygen atoms in total. The number of benzene rings is 1. The van der Waals surface area contributed by atoms with Gasteiger partial charge in [-0.25, -0.2) is 8.78 Å². The van der Waals surface area contributed by atoms with Crippen molar-refractivity contribution in [3.8, 4) is 0 Å². The third kappa shape index (κ3) is 1.93. The first-order valence-electron chi connectivity index (χ1n) is 6.50. The summed E-state index contributed by atoms with van der Waals surface area (Å²) in [5.74, 6) is -5.16. The van der Waals surface area contributed by atoms with Crippen molar-refractivity contribution in [3.05, 3.63) is 35.4 Å². The molecule has 0 saturated carbocycles. The minimum Gasteiger partial charge on any atom is -0.332 e. The van der Waals surface area contributed by atoms with Crippen LogP contribution in [0.5, 0.6) is 0 Å². The number of halogens is 5. The van der Waals surface area contributed by atoms with Gasteiger partial charge in [0.15, 0.2) is 0 Å². The average molecular weight is 305 g/mol. The molecule has 0 bridgehead atoms. The lowest BCUT2D eigenvalue weighted by molar-refractivity contribution is -0.207. The van der Waals surface area contributed by atoms with Crippen molar-refractivity contribution in [2.24, 2.45) is 0 Å². The first-order chi connectivity index (χ1) is 9.67. The normalized spacial score (nSPS) is 22.6. The zero-order valence-corrected chi connectivity index (χ0v) is 10.9. The average Bonchev–Trinajstić information content (AvgIpc) is 2.34. The topological polar surface area (TPSA) is 20.3 Å². The van der Waals surface area contributed by atoms with E-state index in [2.05, 4.69) is 0 Å². The van der Waals surface area contributed by atoms with Crippen LogP contribution in [0.15, 0.2) is 24.3 Å². The Labute approximate surface area is 117 Å². The van der Waals surface area contributed by atoms with Crippen molar-refractivity contribution in [1.82, 2.24) is 4.90 Å². The highest BCUT2D eigenvalue weighted by Gasteiger charge is 2.65. The molecule has 0 N–H and O–H groups in total. The maximum Gasteiger partial charge on any atom is 0.471 e. The summed E-state index contributed by atoms with van der Waals surface area (Å²) in [6, 6.07) is 6.54. The molecule has 1 aliphatic carbocycles. The molecule has 1 amide bonds. The minimum atomic E-state index is -5.02. The van der Waals surface area contributed by atoms with Gasteiger partial charge in [-0.2, -0.15) is 13.2 Å². The molecule has 1 aromatic rings. The van der Waals surface area contributed by atoms with Crippen LogP contribution < -0.4 is 0 Å². The van der Waals surface area contributed by atoms with E-state index < -0.39 is 42.9 Å². The van der Waals surface area contributed by atoms with E-state index in [0.717, 1.165) is 5.56 Å². The van der Waals surface area contributed by atoms with Crippen LogP contribution >= 0.6 is 0 Å². The van der Waals surface area contributed by atoms with E-state index in [1.54, 1.807) is 18.2 Å². The fourth-order valence-corrected chi connectivity index (χ4v) is 3.26. The van der Waals surface area contributed by atoms with Crippen molar-refractivity contribution in [2.75, 3.05) is 13.1 Å². The van der Waals surface area contributed by atoms with Crippen LogP contribution in [0.3, 0.4) is 0 Å². The number of hydrogen-bond acceptors (Lipinski definition) is 1. The number of nitrogens with zero attached hydrogens (tertiary/aromatic N) is 1. The predicted octanol–water partition coefficient (Wildman–Crippen LogP) is 2.91. The van der Waals surface area contributed by atoms with Crippen LogP contribution in [-0.4, -0.2) is 36.0 Å². The van der Waals surface area contributed by atoms with E-state index in [1.807, 2.05) is 0 Å². The number of alkyl halides is 5. The summed E-state index contributed by atoms with van der Waals surface area (Å²) >= 11 is 0. The van der Waals surface area contributed by atoms with E-state index >= 15 is 0 Å². The number of aryl methyl sites for hydroxylation is 1. The highest BCUT2D eigenvalue weighted by Crippen LogP contribution is 2.53. The SMILES string of the molecule is O=C(N1CC2(C1)c1ccccc1CCC2(F)F)C(F)(F)F. The summed E-state index contributed by atoms with van der Waals surface area (Å²) in [4.78, 5) is 11.6. The van der Waals surface area contributed by atoms with Crippen LogP contribution in [-0.2, 0) is 16.6 Å². The number of fused-ring (bicyclic) bond motifs is 2. The van der Waals surface area contributed by atoms with Gasteiger partial charge < -0.3 is 4.90 Å². The molecular weight excluding hydrogens is 293 g/mol. The summed E-state index contributed by atoms with van der Waals surface area (Å²) in [7, 11) is 0. The minimum absolute atomic E-state index is 0.193. The monoisotopic (exact) mass is 305 g/mol. The quantitative estimate of drug-likeness (QED) is 0.675. The highest BCUT2D eigenvalue weighted by atomic mass is 19.4. The molecule has 1 aromatic carbocycles. The molecule has 1 fully saturated rings. The number of likely N-dealkylation sites (tertiary alicyclic amines) is 1. The fraction of sp³-hybridized carbons (Fsp3) is 0.500. The number of rotatable bonds is 0. The van der Waals surface area contributed by atoms with Crippen molar-refractivity contribution in [2.45, 2.75) is 30.4 Å². The molecule has 0 unspecified atom stereocenters. The summed E-state index contributed by atoms with van der Waals surface area (Å²) in [6.07, 6.45) is -5.23. The maximum absolute atomic E-state index is 14.3. The molecular formula is C14H12F5NO. The number of amides is 1. The molecule has 21 heavy (non-hydrogen) atoms. The molecule has 2 aliphatic rings. The first kappa shape index (κ1) is 14.3. The van der Waals surface area contributed by atoms with Gasteiger partial charge in [-0.15, -0.1) is 0 Å². The van der Waals surface area contributed by atoms with Crippen LogP contribution in [0.2, 0.25) is 0 Å². The zero-order chi connectivity index (χ0) is 15.5. The third-order valence-electron chi connectivity index (χ3n) is 4.39. The lowest BCUT2D eigenvalue weighted by atomic mass is 9.62. The van der Waals surface area contributed by atoms with Crippen molar-refractivity contribution in [1.29, 1.82) is 0 Å². The van der Waals surface area contributed by atoms with Gasteiger partial charge in [-0.1, -0.05) is 24.3 Å². The van der Waals surface area contributed by atoms with Crippen molar-refractivity contribution >= 4 is 5.91 Å². The van der Waals surface area contributed by atoms with Gasteiger partial charge >= 0.3 is 12.1 Å².